The van der Waals surface area contributed by atoms with Crippen molar-refractivity contribution in [2.75, 3.05) is 20.8 Å². The molecule has 0 radical (unpaired) electrons. The van der Waals surface area contributed by atoms with Gasteiger partial charge in [-0.15, -0.1) is 0 Å². The molecule has 0 aliphatic heterocycles. The Morgan fingerprint density at radius 1 is 1.04 bits per heavy atom. The van der Waals surface area contributed by atoms with Crippen LogP contribution in [0.4, 0.5) is 0 Å². The largest absolute Gasteiger partial charge is 0.493 e. The molecule has 3 rings (SSSR count). The Hall–Kier alpha value is -2.69. The monoisotopic (exact) mass is 383 g/mol. The zero-order valence-corrected chi connectivity index (χ0v) is 16.9. The number of methoxy groups -OCH3 is 2. The van der Waals surface area contributed by atoms with E-state index in [9.17, 15) is 4.79 Å². The number of benzene rings is 2. The van der Waals surface area contributed by atoms with Crippen molar-refractivity contribution in [3.05, 3.63) is 53.1 Å². The molecule has 5 heteroatoms. The van der Waals surface area contributed by atoms with E-state index in [4.69, 9.17) is 14.2 Å². The molecule has 0 heterocycles. The van der Waals surface area contributed by atoms with Gasteiger partial charge in [0, 0.05) is 0 Å². The van der Waals surface area contributed by atoms with Gasteiger partial charge in [0.25, 0.3) is 5.91 Å². The molecule has 0 saturated heterocycles. The van der Waals surface area contributed by atoms with Crippen LogP contribution in [-0.2, 0) is 17.6 Å². The predicted octanol–water partition coefficient (Wildman–Crippen LogP) is 4.23. The first-order valence-corrected chi connectivity index (χ1v) is 9.91. The van der Waals surface area contributed by atoms with Crippen molar-refractivity contribution in [1.29, 1.82) is 0 Å². The lowest BCUT2D eigenvalue weighted by Crippen LogP contribution is -2.32. The van der Waals surface area contributed by atoms with Crippen LogP contribution in [0.25, 0.3) is 0 Å². The minimum atomic E-state index is -0.130. The van der Waals surface area contributed by atoms with Gasteiger partial charge in [0.2, 0.25) is 0 Å². The summed E-state index contributed by atoms with van der Waals surface area (Å²) in [7, 11) is 3.21. The molecule has 150 valence electrons. The fourth-order valence-corrected chi connectivity index (χ4v) is 3.75. The third-order valence-electron chi connectivity index (χ3n) is 5.27. The number of nitrogens with one attached hydrogen (secondary N) is 1. The second-order valence-electron chi connectivity index (χ2n) is 7.03. The highest BCUT2D eigenvalue weighted by molar-refractivity contribution is 5.78. The molecular weight excluding hydrogens is 354 g/mol. The summed E-state index contributed by atoms with van der Waals surface area (Å²) in [6.07, 6.45) is 5.28. The van der Waals surface area contributed by atoms with Crippen molar-refractivity contribution in [2.45, 2.75) is 45.1 Å². The zero-order chi connectivity index (χ0) is 19.9. The summed E-state index contributed by atoms with van der Waals surface area (Å²) in [5.74, 6) is 2.03. The number of carbonyl (C=O) groups is 1. The lowest BCUT2D eigenvalue weighted by atomic mass is 9.91. The maximum atomic E-state index is 12.5. The molecule has 1 aliphatic carbocycles. The highest BCUT2D eigenvalue weighted by Crippen LogP contribution is 2.31. The molecular formula is C23H29NO4. The second-order valence-corrected chi connectivity index (χ2v) is 7.03. The summed E-state index contributed by atoms with van der Waals surface area (Å²) < 4.78 is 16.5. The highest BCUT2D eigenvalue weighted by atomic mass is 16.5. The van der Waals surface area contributed by atoms with Crippen molar-refractivity contribution in [1.82, 2.24) is 5.32 Å². The number of carbonyl (C=O) groups excluding carboxylic acids is 1. The molecule has 0 bridgehead atoms. The molecule has 5 nitrogen and oxygen atoms in total. The zero-order valence-electron chi connectivity index (χ0n) is 16.9. The Morgan fingerprint density at radius 3 is 2.57 bits per heavy atom. The van der Waals surface area contributed by atoms with Crippen molar-refractivity contribution in [3.8, 4) is 17.2 Å². The summed E-state index contributed by atoms with van der Waals surface area (Å²) in [4.78, 5) is 12.5. The van der Waals surface area contributed by atoms with Crippen molar-refractivity contribution >= 4 is 5.91 Å². The van der Waals surface area contributed by atoms with E-state index in [0.29, 0.717) is 11.5 Å². The lowest BCUT2D eigenvalue weighted by Gasteiger charge is -2.21. The topological polar surface area (TPSA) is 56.8 Å². The molecule has 0 fully saturated rings. The van der Waals surface area contributed by atoms with Crippen molar-refractivity contribution < 1.29 is 19.0 Å². The van der Waals surface area contributed by atoms with E-state index < -0.39 is 0 Å². The molecule has 1 aliphatic rings. The molecule has 28 heavy (non-hydrogen) atoms. The van der Waals surface area contributed by atoms with Crippen LogP contribution in [0, 0.1) is 0 Å². The molecule has 0 saturated carbocycles. The van der Waals surface area contributed by atoms with Crippen LogP contribution in [0.2, 0.25) is 0 Å². The van der Waals surface area contributed by atoms with Gasteiger partial charge in [0.1, 0.15) is 5.75 Å². The molecule has 0 spiro atoms. The first-order chi connectivity index (χ1) is 13.7. The minimum Gasteiger partial charge on any atom is -0.493 e. The third kappa shape index (κ3) is 4.58. The van der Waals surface area contributed by atoms with Crippen LogP contribution < -0.4 is 19.5 Å². The van der Waals surface area contributed by atoms with Crippen LogP contribution in [0.5, 0.6) is 17.2 Å². The number of hydrogen-bond acceptors (Lipinski definition) is 4. The van der Waals surface area contributed by atoms with Crippen LogP contribution in [0.15, 0.2) is 36.4 Å². The SMILES string of the molecule is CCC(NC(=O)COc1cccc2c1CCCC2)c1ccc(OC)c(OC)c1. The number of rotatable bonds is 8. The van der Waals surface area contributed by atoms with E-state index >= 15 is 0 Å². The summed E-state index contributed by atoms with van der Waals surface area (Å²) >= 11 is 0. The summed E-state index contributed by atoms with van der Waals surface area (Å²) in [5.41, 5.74) is 3.58. The van der Waals surface area contributed by atoms with E-state index in [2.05, 4.69) is 11.4 Å². The molecule has 0 aromatic heterocycles. The van der Waals surface area contributed by atoms with E-state index in [1.165, 1.54) is 24.0 Å². The van der Waals surface area contributed by atoms with E-state index in [-0.39, 0.29) is 18.6 Å². The van der Waals surface area contributed by atoms with Gasteiger partial charge in [-0.1, -0.05) is 25.1 Å². The number of hydrogen-bond donors (Lipinski definition) is 1. The fraction of sp³-hybridized carbons (Fsp3) is 0.435. The Kier molecular flexibility index (Phi) is 6.80. The number of aryl methyl sites for hydroxylation is 1. The number of ether oxygens (including phenoxy) is 3. The van der Waals surface area contributed by atoms with Crippen LogP contribution in [0.3, 0.4) is 0 Å². The Morgan fingerprint density at radius 2 is 1.82 bits per heavy atom. The van der Waals surface area contributed by atoms with E-state index in [1.807, 2.05) is 37.3 Å². The third-order valence-corrected chi connectivity index (χ3v) is 5.27. The molecule has 2 aromatic carbocycles. The van der Waals surface area contributed by atoms with Gasteiger partial charge in [-0.05, 0) is 67.0 Å². The first-order valence-electron chi connectivity index (χ1n) is 9.91. The normalized spacial score (nSPS) is 14.0. The molecule has 1 N–H and O–H groups in total. The molecule has 1 amide bonds. The first kappa shape index (κ1) is 20.1. The highest BCUT2D eigenvalue weighted by Gasteiger charge is 2.17. The van der Waals surface area contributed by atoms with Gasteiger partial charge < -0.3 is 19.5 Å². The average Bonchev–Trinajstić information content (AvgIpc) is 2.75. The Balaban J connectivity index is 1.64. The van der Waals surface area contributed by atoms with Gasteiger partial charge >= 0.3 is 0 Å². The smallest absolute Gasteiger partial charge is 0.258 e. The minimum absolute atomic E-state index is 0.0141. The predicted molar refractivity (Wildman–Crippen MR) is 109 cm³/mol. The lowest BCUT2D eigenvalue weighted by molar-refractivity contribution is -0.123. The second kappa shape index (κ2) is 9.49. The summed E-state index contributed by atoms with van der Waals surface area (Å²) in [6, 6.07) is 11.7. The molecule has 1 unspecified atom stereocenters. The van der Waals surface area contributed by atoms with Crippen LogP contribution in [0.1, 0.15) is 48.9 Å². The number of amides is 1. The Bertz CT molecular complexity index is 818. The van der Waals surface area contributed by atoms with Gasteiger partial charge in [0.05, 0.1) is 20.3 Å². The summed E-state index contributed by atoms with van der Waals surface area (Å²) in [6.45, 7) is 2.05. The maximum absolute atomic E-state index is 12.5. The van der Waals surface area contributed by atoms with Gasteiger partial charge in [0.15, 0.2) is 18.1 Å². The van der Waals surface area contributed by atoms with Gasteiger partial charge in [-0.2, -0.15) is 0 Å². The van der Waals surface area contributed by atoms with Crippen LogP contribution in [-0.4, -0.2) is 26.7 Å². The number of fused-ring (bicyclic) bond motifs is 1. The van der Waals surface area contributed by atoms with Crippen molar-refractivity contribution in [3.63, 3.8) is 0 Å². The standard InChI is InChI=1S/C23H29NO4/c1-4-19(17-12-13-21(26-2)22(14-17)27-3)24-23(25)15-28-20-11-7-9-16-8-5-6-10-18(16)20/h7,9,11-14,19H,4-6,8,10,15H2,1-3H3,(H,24,25). The molecule has 2 aromatic rings. The summed E-state index contributed by atoms with van der Waals surface area (Å²) in [5, 5.41) is 3.06. The van der Waals surface area contributed by atoms with Gasteiger partial charge in [-0.25, -0.2) is 0 Å². The van der Waals surface area contributed by atoms with Gasteiger partial charge in [-0.3, -0.25) is 4.79 Å². The average molecular weight is 383 g/mol. The van der Waals surface area contributed by atoms with Crippen LogP contribution >= 0.6 is 0 Å². The van der Waals surface area contributed by atoms with Crippen molar-refractivity contribution in [2.24, 2.45) is 0 Å². The molecule has 1 atom stereocenters. The van der Waals surface area contributed by atoms with E-state index in [0.717, 1.165) is 30.6 Å². The van der Waals surface area contributed by atoms with E-state index in [1.54, 1.807) is 14.2 Å². The maximum Gasteiger partial charge on any atom is 0.258 e. The fourth-order valence-electron chi connectivity index (χ4n) is 3.75. The Labute approximate surface area is 167 Å². The quantitative estimate of drug-likeness (QED) is 0.741.